The molecule has 3 nitrogen and oxygen atoms in total. The average Bonchev–Trinajstić information content (AvgIpc) is 2.93. The topological polar surface area (TPSA) is 35.5 Å². The number of cyclic esters (lactones) is 1. The first-order valence-corrected chi connectivity index (χ1v) is 9.76. The summed E-state index contributed by atoms with van der Waals surface area (Å²) in [5.41, 5.74) is 0.0241. The molecule has 4 bridgehead atoms. The average molecular weight is 320 g/mol. The maximum atomic E-state index is 11.8. The summed E-state index contributed by atoms with van der Waals surface area (Å²) in [5.74, 6) is 3.03. The summed E-state index contributed by atoms with van der Waals surface area (Å²) < 4.78 is 12.6. The van der Waals surface area contributed by atoms with Crippen LogP contribution in [0.3, 0.4) is 0 Å². The van der Waals surface area contributed by atoms with E-state index < -0.39 is 0 Å². The van der Waals surface area contributed by atoms with Gasteiger partial charge in [-0.15, -0.1) is 0 Å². The van der Waals surface area contributed by atoms with Crippen LogP contribution in [0.2, 0.25) is 0 Å². The smallest absolute Gasteiger partial charge is 0.306 e. The van der Waals surface area contributed by atoms with E-state index >= 15 is 0 Å². The van der Waals surface area contributed by atoms with Crippen molar-refractivity contribution in [3.8, 4) is 0 Å². The van der Waals surface area contributed by atoms with Gasteiger partial charge in [-0.25, -0.2) is 0 Å². The van der Waals surface area contributed by atoms with Crippen molar-refractivity contribution in [1.82, 2.24) is 0 Å². The van der Waals surface area contributed by atoms with Gasteiger partial charge in [0.25, 0.3) is 0 Å². The van der Waals surface area contributed by atoms with Gasteiger partial charge >= 0.3 is 5.97 Å². The molecule has 1 atom stereocenters. The Morgan fingerprint density at radius 2 is 1.74 bits per heavy atom. The number of carbonyl (C=O) groups excluding carboxylic acids is 1. The molecule has 1 aliphatic heterocycles. The molecule has 1 unspecified atom stereocenters. The number of esters is 1. The summed E-state index contributed by atoms with van der Waals surface area (Å²) in [7, 11) is 0. The van der Waals surface area contributed by atoms with Crippen LogP contribution in [0.15, 0.2) is 0 Å². The highest BCUT2D eigenvalue weighted by Gasteiger charge is 2.63. The lowest BCUT2D eigenvalue weighted by Crippen LogP contribution is -2.65. The lowest BCUT2D eigenvalue weighted by Gasteiger charge is -2.62. The van der Waals surface area contributed by atoms with Gasteiger partial charge in [0.2, 0.25) is 0 Å². The van der Waals surface area contributed by atoms with E-state index in [9.17, 15) is 4.79 Å². The van der Waals surface area contributed by atoms with Gasteiger partial charge in [0, 0.05) is 6.42 Å². The number of rotatable bonds is 5. The van der Waals surface area contributed by atoms with Crippen LogP contribution in [-0.2, 0) is 14.3 Å². The van der Waals surface area contributed by atoms with E-state index in [0.717, 1.165) is 31.3 Å². The van der Waals surface area contributed by atoms with Gasteiger partial charge in [0.05, 0.1) is 6.61 Å². The van der Waals surface area contributed by atoms with Crippen molar-refractivity contribution in [1.29, 1.82) is 0 Å². The van der Waals surface area contributed by atoms with E-state index in [0.29, 0.717) is 18.3 Å². The largest absolute Gasteiger partial charge is 0.459 e. The minimum absolute atomic E-state index is 0.0117. The molecule has 4 saturated carbocycles. The first-order valence-electron chi connectivity index (χ1n) is 9.76. The van der Waals surface area contributed by atoms with Gasteiger partial charge in [-0.2, -0.15) is 0 Å². The van der Waals surface area contributed by atoms with Crippen LogP contribution in [0.25, 0.3) is 0 Å². The Morgan fingerprint density at radius 1 is 1.13 bits per heavy atom. The molecule has 5 rings (SSSR count). The van der Waals surface area contributed by atoms with Crippen molar-refractivity contribution < 1.29 is 14.3 Å². The second-order valence-electron chi connectivity index (χ2n) is 9.48. The molecule has 1 heterocycles. The molecular formula is C20H32O3. The number of ether oxygens (including phenoxy) is 2. The van der Waals surface area contributed by atoms with Gasteiger partial charge < -0.3 is 9.47 Å². The molecule has 5 fully saturated rings. The Balaban J connectivity index is 1.63. The maximum Gasteiger partial charge on any atom is 0.306 e. The molecule has 1 saturated heterocycles. The molecule has 0 aromatic heterocycles. The van der Waals surface area contributed by atoms with E-state index in [1.165, 1.54) is 32.1 Å². The van der Waals surface area contributed by atoms with Crippen molar-refractivity contribution >= 4 is 5.97 Å². The van der Waals surface area contributed by atoms with Crippen LogP contribution < -0.4 is 0 Å². The standard InChI is InChI=1S/C20H32O3/c1-4-19(2,3)12-22-20(17-5-6-18(21)23-17)15-8-13-7-14(10-15)11-16(20)9-13/h13-17H,4-12H2,1-3H3. The third kappa shape index (κ3) is 2.54. The monoisotopic (exact) mass is 320 g/mol. The summed E-state index contributed by atoms with van der Waals surface area (Å²) in [5, 5.41) is 0. The molecular weight excluding hydrogens is 288 g/mol. The highest BCUT2D eigenvalue weighted by atomic mass is 16.6. The molecule has 130 valence electrons. The third-order valence-electron chi connectivity index (χ3n) is 7.47. The third-order valence-corrected chi connectivity index (χ3v) is 7.47. The molecule has 4 aliphatic carbocycles. The minimum atomic E-state index is -0.175. The second kappa shape index (κ2) is 5.47. The second-order valence-corrected chi connectivity index (χ2v) is 9.48. The summed E-state index contributed by atoms with van der Waals surface area (Å²) >= 11 is 0. The van der Waals surface area contributed by atoms with Gasteiger partial charge in [-0.1, -0.05) is 20.8 Å². The van der Waals surface area contributed by atoms with Crippen LogP contribution in [-0.4, -0.2) is 24.3 Å². The minimum Gasteiger partial charge on any atom is -0.459 e. The lowest BCUT2D eigenvalue weighted by molar-refractivity contribution is -0.255. The molecule has 0 aromatic rings. The fourth-order valence-electron chi connectivity index (χ4n) is 6.04. The molecule has 0 N–H and O–H groups in total. The molecule has 0 spiro atoms. The van der Waals surface area contributed by atoms with Crippen LogP contribution in [0, 0.1) is 29.1 Å². The van der Waals surface area contributed by atoms with Gasteiger partial charge in [0.1, 0.15) is 11.7 Å². The fraction of sp³-hybridized carbons (Fsp3) is 0.950. The zero-order chi connectivity index (χ0) is 16.2. The number of carbonyl (C=O) groups is 1. The predicted octanol–water partition coefficient (Wildman–Crippen LogP) is 4.34. The summed E-state index contributed by atoms with van der Waals surface area (Å²) in [6.45, 7) is 7.61. The van der Waals surface area contributed by atoms with Crippen molar-refractivity contribution in [2.45, 2.75) is 83.8 Å². The SMILES string of the molecule is CCC(C)(C)COC1(C2CCC(=O)O2)C2CC3CC(C2)CC1C3. The molecule has 5 aliphatic rings. The Bertz CT molecular complexity index is 453. The van der Waals surface area contributed by atoms with E-state index in [2.05, 4.69) is 20.8 Å². The van der Waals surface area contributed by atoms with Crippen molar-refractivity contribution in [3.05, 3.63) is 0 Å². The zero-order valence-electron chi connectivity index (χ0n) is 15.0. The zero-order valence-corrected chi connectivity index (χ0v) is 15.0. The first kappa shape index (κ1) is 15.9. The van der Waals surface area contributed by atoms with E-state index in [1.54, 1.807) is 0 Å². The van der Waals surface area contributed by atoms with Crippen LogP contribution in [0.1, 0.15) is 72.1 Å². The quantitative estimate of drug-likeness (QED) is 0.707. The van der Waals surface area contributed by atoms with Gasteiger partial charge in [-0.05, 0) is 74.0 Å². The van der Waals surface area contributed by atoms with Gasteiger partial charge in [0.15, 0.2) is 0 Å². The highest BCUT2D eigenvalue weighted by molar-refractivity contribution is 5.71. The molecule has 0 amide bonds. The van der Waals surface area contributed by atoms with Crippen molar-refractivity contribution in [3.63, 3.8) is 0 Å². The first-order chi connectivity index (χ1) is 10.9. The number of hydrogen-bond acceptors (Lipinski definition) is 3. The van der Waals surface area contributed by atoms with E-state index in [4.69, 9.17) is 9.47 Å². The summed E-state index contributed by atoms with van der Waals surface area (Å²) in [6, 6.07) is 0. The summed E-state index contributed by atoms with van der Waals surface area (Å²) in [4.78, 5) is 11.8. The number of hydrogen-bond donors (Lipinski definition) is 0. The van der Waals surface area contributed by atoms with Crippen molar-refractivity contribution in [2.75, 3.05) is 6.61 Å². The van der Waals surface area contributed by atoms with Crippen LogP contribution >= 0.6 is 0 Å². The Labute approximate surface area is 140 Å². The van der Waals surface area contributed by atoms with Crippen molar-refractivity contribution in [2.24, 2.45) is 29.1 Å². The Hall–Kier alpha value is -0.570. The fourth-order valence-corrected chi connectivity index (χ4v) is 6.04. The van der Waals surface area contributed by atoms with Crippen LogP contribution in [0.4, 0.5) is 0 Å². The van der Waals surface area contributed by atoms with Crippen LogP contribution in [0.5, 0.6) is 0 Å². The van der Waals surface area contributed by atoms with E-state index in [-0.39, 0.29) is 23.1 Å². The normalized spacial score (nSPS) is 45.5. The Morgan fingerprint density at radius 3 is 2.22 bits per heavy atom. The van der Waals surface area contributed by atoms with Gasteiger partial charge in [-0.3, -0.25) is 4.79 Å². The van der Waals surface area contributed by atoms with E-state index in [1.807, 2.05) is 0 Å². The predicted molar refractivity (Wildman–Crippen MR) is 88.9 cm³/mol. The highest BCUT2D eigenvalue weighted by Crippen LogP contribution is 2.62. The molecule has 23 heavy (non-hydrogen) atoms. The molecule has 0 radical (unpaired) electrons. The lowest BCUT2D eigenvalue weighted by atomic mass is 9.48. The summed E-state index contributed by atoms with van der Waals surface area (Å²) in [6.07, 6.45) is 9.22. The maximum absolute atomic E-state index is 11.8. The molecule has 3 heteroatoms. The molecule has 0 aromatic carbocycles. The Kier molecular flexibility index (Phi) is 3.79.